The summed E-state index contributed by atoms with van der Waals surface area (Å²) in [6.45, 7) is 4.05. The van der Waals surface area contributed by atoms with Crippen molar-refractivity contribution in [2.45, 2.75) is 45.3 Å². The van der Waals surface area contributed by atoms with E-state index < -0.39 is 0 Å². The minimum atomic E-state index is -0.383. The number of aliphatic hydroxyl groups excluding tert-OH is 1. The van der Waals surface area contributed by atoms with Crippen molar-refractivity contribution < 1.29 is 5.11 Å². The summed E-state index contributed by atoms with van der Waals surface area (Å²) in [7, 11) is 2.03. The molecular weight excluding hydrogens is 332 g/mol. The molecule has 3 rings (SSSR count). The lowest BCUT2D eigenvalue weighted by Gasteiger charge is -2.31. The van der Waals surface area contributed by atoms with E-state index in [0.717, 1.165) is 38.3 Å². The number of aryl methyl sites for hydroxylation is 1. The normalized spacial score (nSPS) is 21.1. The molecule has 0 bridgehead atoms. The van der Waals surface area contributed by atoms with Crippen molar-refractivity contribution >= 4 is 0 Å². The van der Waals surface area contributed by atoms with Gasteiger partial charge < -0.3 is 10.4 Å². The molecule has 3 nitrogen and oxygen atoms in total. The van der Waals surface area contributed by atoms with Gasteiger partial charge in [-0.1, -0.05) is 54.1 Å². The van der Waals surface area contributed by atoms with E-state index in [1.807, 2.05) is 7.05 Å². The van der Waals surface area contributed by atoms with Crippen molar-refractivity contribution in [3.63, 3.8) is 0 Å². The van der Waals surface area contributed by atoms with Crippen molar-refractivity contribution in [3.05, 3.63) is 59.7 Å². The molecule has 27 heavy (non-hydrogen) atoms. The molecule has 0 spiro atoms. The SMILES string of the molecule is CNCC1CCC(C(O)NCCc2ccc(C)cc2-c2ccccc2)CC1. The number of rotatable bonds is 8. The Hall–Kier alpha value is -1.68. The maximum absolute atomic E-state index is 10.6. The Kier molecular flexibility index (Phi) is 7.45. The third kappa shape index (κ3) is 5.65. The lowest BCUT2D eigenvalue weighted by molar-refractivity contribution is 0.0471. The molecule has 1 fully saturated rings. The van der Waals surface area contributed by atoms with Crippen molar-refractivity contribution in [1.82, 2.24) is 10.6 Å². The van der Waals surface area contributed by atoms with Crippen LogP contribution in [0.5, 0.6) is 0 Å². The van der Waals surface area contributed by atoms with Gasteiger partial charge in [-0.15, -0.1) is 0 Å². The second-order valence-electron chi connectivity index (χ2n) is 8.01. The van der Waals surface area contributed by atoms with E-state index in [-0.39, 0.29) is 6.23 Å². The van der Waals surface area contributed by atoms with Gasteiger partial charge in [-0.05, 0) is 81.1 Å². The van der Waals surface area contributed by atoms with E-state index in [1.54, 1.807) is 0 Å². The molecule has 1 atom stereocenters. The van der Waals surface area contributed by atoms with Crippen molar-refractivity contribution in [1.29, 1.82) is 0 Å². The first-order valence-electron chi connectivity index (χ1n) is 10.4. The summed E-state index contributed by atoms with van der Waals surface area (Å²) in [5.74, 6) is 1.17. The summed E-state index contributed by atoms with van der Waals surface area (Å²) in [4.78, 5) is 0. The molecule has 0 amide bonds. The predicted molar refractivity (Wildman–Crippen MR) is 114 cm³/mol. The maximum atomic E-state index is 10.6. The van der Waals surface area contributed by atoms with Gasteiger partial charge in [0, 0.05) is 6.54 Å². The molecule has 1 unspecified atom stereocenters. The van der Waals surface area contributed by atoms with Crippen LogP contribution in [0.1, 0.15) is 36.8 Å². The van der Waals surface area contributed by atoms with Gasteiger partial charge in [0.25, 0.3) is 0 Å². The smallest absolute Gasteiger partial charge is 0.107 e. The zero-order valence-electron chi connectivity index (χ0n) is 16.7. The summed E-state index contributed by atoms with van der Waals surface area (Å²) >= 11 is 0. The standard InChI is InChI=1S/C24H34N2O/c1-18-8-11-21(23(16-18)20-6-4-3-5-7-20)14-15-26-24(27)22-12-9-19(10-13-22)17-25-2/h3-8,11,16,19,22,24-27H,9-10,12-15,17H2,1-2H3. The van der Waals surface area contributed by atoms with Gasteiger partial charge in [-0.3, -0.25) is 5.32 Å². The summed E-state index contributed by atoms with van der Waals surface area (Å²) < 4.78 is 0. The molecule has 2 aromatic carbocycles. The molecule has 0 heterocycles. The highest BCUT2D eigenvalue weighted by Gasteiger charge is 2.25. The van der Waals surface area contributed by atoms with Crippen LogP contribution < -0.4 is 10.6 Å². The Balaban J connectivity index is 1.54. The molecule has 3 heteroatoms. The Morgan fingerprint density at radius 3 is 2.48 bits per heavy atom. The van der Waals surface area contributed by atoms with E-state index in [0.29, 0.717) is 5.92 Å². The Bertz CT molecular complexity index is 693. The molecule has 1 aliphatic carbocycles. The second-order valence-corrected chi connectivity index (χ2v) is 8.01. The molecule has 0 saturated heterocycles. The fourth-order valence-electron chi connectivity index (χ4n) is 4.31. The van der Waals surface area contributed by atoms with Crippen LogP contribution >= 0.6 is 0 Å². The van der Waals surface area contributed by atoms with Gasteiger partial charge in [-0.25, -0.2) is 0 Å². The minimum Gasteiger partial charge on any atom is -0.378 e. The van der Waals surface area contributed by atoms with Crippen molar-refractivity contribution in [3.8, 4) is 11.1 Å². The quantitative estimate of drug-likeness (QED) is 0.615. The van der Waals surface area contributed by atoms with Gasteiger partial charge >= 0.3 is 0 Å². The Morgan fingerprint density at radius 1 is 1.04 bits per heavy atom. The van der Waals surface area contributed by atoms with Crippen LogP contribution in [0, 0.1) is 18.8 Å². The number of nitrogens with one attached hydrogen (secondary N) is 2. The molecule has 0 aliphatic heterocycles. The summed E-state index contributed by atoms with van der Waals surface area (Å²) in [6.07, 6.45) is 5.24. The first-order chi connectivity index (χ1) is 13.2. The summed E-state index contributed by atoms with van der Waals surface area (Å²) in [6, 6.07) is 17.3. The van der Waals surface area contributed by atoms with Crippen LogP contribution in [0.4, 0.5) is 0 Å². The molecule has 0 radical (unpaired) electrons. The average molecular weight is 367 g/mol. The van der Waals surface area contributed by atoms with Gasteiger partial charge in [0.2, 0.25) is 0 Å². The summed E-state index contributed by atoms with van der Waals surface area (Å²) in [5.41, 5.74) is 5.19. The van der Waals surface area contributed by atoms with Crippen LogP contribution in [0.15, 0.2) is 48.5 Å². The largest absolute Gasteiger partial charge is 0.378 e. The average Bonchev–Trinajstić information content (AvgIpc) is 2.70. The zero-order valence-corrected chi connectivity index (χ0v) is 16.7. The predicted octanol–water partition coefficient (Wildman–Crippen LogP) is 4.14. The van der Waals surface area contributed by atoms with Gasteiger partial charge in [-0.2, -0.15) is 0 Å². The van der Waals surface area contributed by atoms with Crippen LogP contribution in [0.25, 0.3) is 11.1 Å². The van der Waals surface area contributed by atoms with Crippen LogP contribution in [0.3, 0.4) is 0 Å². The Morgan fingerprint density at radius 2 is 1.78 bits per heavy atom. The van der Waals surface area contributed by atoms with E-state index in [2.05, 4.69) is 66.1 Å². The lowest BCUT2D eigenvalue weighted by Crippen LogP contribution is -2.39. The third-order valence-electron chi connectivity index (χ3n) is 5.93. The highest BCUT2D eigenvalue weighted by Crippen LogP contribution is 2.30. The van der Waals surface area contributed by atoms with Crippen LogP contribution in [-0.2, 0) is 6.42 Å². The fraction of sp³-hybridized carbons (Fsp3) is 0.500. The highest BCUT2D eigenvalue weighted by molar-refractivity contribution is 5.68. The molecule has 3 N–H and O–H groups in total. The first kappa shape index (κ1) is 20.1. The molecule has 0 aromatic heterocycles. The van der Waals surface area contributed by atoms with Crippen LogP contribution in [-0.4, -0.2) is 31.5 Å². The number of hydrogen-bond donors (Lipinski definition) is 3. The third-order valence-corrected chi connectivity index (χ3v) is 5.93. The summed E-state index contributed by atoms with van der Waals surface area (Å²) in [5, 5.41) is 17.2. The molecule has 2 aromatic rings. The van der Waals surface area contributed by atoms with E-state index in [9.17, 15) is 5.11 Å². The molecular formula is C24H34N2O. The Labute approximate surface area is 164 Å². The zero-order chi connectivity index (χ0) is 19.1. The monoisotopic (exact) mass is 366 g/mol. The van der Waals surface area contributed by atoms with Crippen LogP contribution in [0.2, 0.25) is 0 Å². The number of hydrogen-bond acceptors (Lipinski definition) is 3. The minimum absolute atomic E-state index is 0.383. The molecule has 146 valence electrons. The highest BCUT2D eigenvalue weighted by atomic mass is 16.3. The van der Waals surface area contributed by atoms with E-state index in [1.165, 1.54) is 35.1 Å². The topological polar surface area (TPSA) is 44.3 Å². The first-order valence-corrected chi connectivity index (χ1v) is 10.4. The second kappa shape index (κ2) is 10.0. The lowest BCUT2D eigenvalue weighted by atomic mass is 9.81. The molecule has 1 saturated carbocycles. The van der Waals surface area contributed by atoms with Gasteiger partial charge in [0.15, 0.2) is 0 Å². The number of aliphatic hydroxyl groups is 1. The molecule has 1 aliphatic rings. The fourth-order valence-corrected chi connectivity index (χ4v) is 4.31. The van der Waals surface area contributed by atoms with E-state index in [4.69, 9.17) is 0 Å². The maximum Gasteiger partial charge on any atom is 0.107 e. The van der Waals surface area contributed by atoms with Gasteiger partial charge in [0.1, 0.15) is 6.23 Å². The number of benzene rings is 2. The van der Waals surface area contributed by atoms with E-state index >= 15 is 0 Å². The van der Waals surface area contributed by atoms with Crippen molar-refractivity contribution in [2.24, 2.45) is 11.8 Å². The van der Waals surface area contributed by atoms with Gasteiger partial charge in [0.05, 0.1) is 0 Å². The van der Waals surface area contributed by atoms with Crippen molar-refractivity contribution in [2.75, 3.05) is 20.1 Å².